The van der Waals surface area contributed by atoms with Crippen LogP contribution >= 0.6 is 0 Å². The molecule has 0 heterocycles. The molecule has 2 aromatic rings. The smallest absolute Gasteiger partial charge is 0.342 e. The molecule has 0 bridgehead atoms. The van der Waals surface area contributed by atoms with Crippen molar-refractivity contribution in [2.24, 2.45) is 0 Å². The maximum absolute atomic E-state index is 11.9. The summed E-state index contributed by atoms with van der Waals surface area (Å²) in [7, 11) is 4.50. The molecule has 2 N–H and O–H groups in total. The quantitative estimate of drug-likeness (QED) is 0.679. The second-order valence-corrected chi connectivity index (χ2v) is 5.40. The van der Waals surface area contributed by atoms with Crippen molar-refractivity contribution in [1.82, 2.24) is 5.32 Å². The zero-order valence-electron chi connectivity index (χ0n) is 15.3. The monoisotopic (exact) mass is 375 g/mol. The van der Waals surface area contributed by atoms with Crippen LogP contribution < -0.4 is 19.5 Å². The predicted molar refractivity (Wildman–Crippen MR) is 96.3 cm³/mol. The van der Waals surface area contributed by atoms with Gasteiger partial charge in [0.05, 0.1) is 21.3 Å². The summed E-state index contributed by atoms with van der Waals surface area (Å²) in [6.07, 6.45) is 0. The van der Waals surface area contributed by atoms with Gasteiger partial charge in [-0.05, 0) is 29.8 Å². The van der Waals surface area contributed by atoms with Crippen molar-refractivity contribution in [3.8, 4) is 23.0 Å². The van der Waals surface area contributed by atoms with Crippen molar-refractivity contribution in [3.05, 3.63) is 47.5 Å². The van der Waals surface area contributed by atoms with Crippen molar-refractivity contribution in [2.45, 2.75) is 6.54 Å². The first-order valence-corrected chi connectivity index (χ1v) is 8.00. The van der Waals surface area contributed by atoms with Crippen molar-refractivity contribution >= 4 is 11.9 Å². The van der Waals surface area contributed by atoms with Crippen LogP contribution in [-0.2, 0) is 16.1 Å². The Morgan fingerprint density at radius 2 is 1.63 bits per heavy atom. The van der Waals surface area contributed by atoms with Crippen LogP contribution in [0.15, 0.2) is 36.4 Å². The van der Waals surface area contributed by atoms with Crippen LogP contribution in [0.4, 0.5) is 0 Å². The van der Waals surface area contributed by atoms with Crippen molar-refractivity contribution in [3.63, 3.8) is 0 Å². The van der Waals surface area contributed by atoms with Gasteiger partial charge in [-0.25, -0.2) is 4.79 Å². The van der Waals surface area contributed by atoms with E-state index < -0.39 is 18.5 Å². The molecule has 1 amide bonds. The van der Waals surface area contributed by atoms with Gasteiger partial charge in [0, 0.05) is 6.54 Å². The number of hydrogen-bond acceptors (Lipinski definition) is 7. The van der Waals surface area contributed by atoms with Crippen LogP contribution in [0, 0.1) is 0 Å². The van der Waals surface area contributed by atoms with E-state index in [1.54, 1.807) is 24.3 Å². The number of phenolic OH excluding ortho intramolecular Hbond substituents is 1. The molecule has 144 valence electrons. The van der Waals surface area contributed by atoms with Gasteiger partial charge in [0.25, 0.3) is 5.91 Å². The topological polar surface area (TPSA) is 103 Å². The van der Waals surface area contributed by atoms with E-state index in [1.165, 1.54) is 33.5 Å². The third-order valence-corrected chi connectivity index (χ3v) is 3.67. The molecular formula is C19H21NO7. The molecule has 2 rings (SSSR count). The van der Waals surface area contributed by atoms with Gasteiger partial charge in [-0.1, -0.05) is 12.1 Å². The van der Waals surface area contributed by atoms with E-state index >= 15 is 0 Å². The molecule has 0 aliphatic carbocycles. The lowest BCUT2D eigenvalue weighted by Gasteiger charge is -2.14. The van der Waals surface area contributed by atoms with Crippen LogP contribution in [-0.4, -0.2) is 44.9 Å². The number of ether oxygens (including phenoxy) is 4. The van der Waals surface area contributed by atoms with Crippen LogP contribution in [0.25, 0.3) is 0 Å². The molecule has 0 aliphatic heterocycles. The fourth-order valence-electron chi connectivity index (χ4n) is 2.34. The Morgan fingerprint density at radius 1 is 1.00 bits per heavy atom. The average Bonchev–Trinajstić information content (AvgIpc) is 2.69. The first-order valence-electron chi connectivity index (χ1n) is 8.00. The van der Waals surface area contributed by atoms with Gasteiger partial charge in [0.1, 0.15) is 11.3 Å². The summed E-state index contributed by atoms with van der Waals surface area (Å²) >= 11 is 0. The Bertz CT molecular complexity index is 794. The van der Waals surface area contributed by atoms with Gasteiger partial charge in [0.2, 0.25) is 5.75 Å². The zero-order chi connectivity index (χ0) is 19.8. The fraction of sp³-hybridized carbons (Fsp3) is 0.263. The fourth-order valence-corrected chi connectivity index (χ4v) is 2.34. The minimum absolute atomic E-state index is 0.00470. The highest BCUT2D eigenvalue weighted by Gasteiger charge is 2.15. The first kappa shape index (κ1) is 19.9. The van der Waals surface area contributed by atoms with Crippen LogP contribution in [0.1, 0.15) is 15.9 Å². The molecule has 27 heavy (non-hydrogen) atoms. The minimum Gasteiger partial charge on any atom is -0.507 e. The molecule has 0 radical (unpaired) electrons. The Labute approximate surface area is 156 Å². The Balaban J connectivity index is 1.94. The number of phenols is 1. The molecule has 8 nitrogen and oxygen atoms in total. The number of amides is 1. The van der Waals surface area contributed by atoms with E-state index in [9.17, 15) is 14.7 Å². The lowest BCUT2D eigenvalue weighted by atomic mass is 10.1. The van der Waals surface area contributed by atoms with Crippen molar-refractivity contribution in [2.75, 3.05) is 27.9 Å². The van der Waals surface area contributed by atoms with E-state index in [0.717, 1.165) is 0 Å². The summed E-state index contributed by atoms with van der Waals surface area (Å²) in [6, 6.07) is 9.34. The molecule has 0 aliphatic rings. The van der Waals surface area contributed by atoms with E-state index in [-0.39, 0.29) is 17.9 Å². The zero-order valence-corrected chi connectivity index (χ0v) is 15.3. The van der Waals surface area contributed by atoms with Crippen LogP contribution in [0.2, 0.25) is 0 Å². The molecule has 2 aromatic carbocycles. The van der Waals surface area contributed by atoms with Gasteiger partial charge in [-0.15, -0.1) is 0 Å². The third-order valence-electron chi connectivity index (χ3n) is 3.67. The van der Waals surface area contributed by atoms with E-state index in [2.05, 4.69) is 5.32 Å². The number of rotatable bonds is 8. The molecule has 0 fully saturated rings. The lowest BCUT2D eigenvalue weighted by Crippen LogP contribution is -2.28. The maximum atomic E-state index is 11.9. The number of aromatic hydroxyl groups is 1. The predicted octanol–water partition coefficient (Wildman–Crippen LogP) is 1.89. The van der Waals surface area contributed by atoms with Gasteiger partial charge in [0.15, 0.2) is 18.1 Å². The molecule has 0 aromatic heterocycles. The Kier molecular flexibility index (Phi) is 6.87. The summed E-state index contributed by atoms with van der Waals surface area (Å²) < 4.78 is 20.7. The Hall–Kier alpha value is -3.42. The molecular weight excluding hydrogens is 354 g/mol. The lowest BCUT2D eigenvalue weighted by molar-refractivity contribution is -0.124. The number of carbonyl (C=O) groups is 2. The van der Waals surface area contributed by atoms with E-state index in [4.69, 9.17) is 18.9 Å². The number of carbonyl (C=O) groups excluding carboxylic acids is 2. The minimum atomic E-state index is -0.781. The number of esters is 1. The summed E-state index contributed by atoms with van der Waals surface area (Å²) in [4.78, 5) is 23.8. The highest BCUT2D eigenvalue weighted by atomic mass is 16.5. The summed E-state index contributed by atoms with van der Waals surface area (Å²) in [6.45, 7) is -0.304. The maximum Gasteiger partial charge on any atom is 0.342 e. The number of para-hydroxylation sites is 1. The third kappa shape index (κ3) is 5.04. The normalized spacial score (nSPS) is 10.0. The van der Waals surface area contributed by atoms with E-state index in [1.807, 2.05) is 0 Å². The molecule has 0 spiro atoms. The van der Waals surface area contributed by atoms with Gasteiger partial charge < -0.3 is 29.4 Å². The average molecular weight is 375 g/mol. The van der Waals surface area contributed by atoms with Gasteiger partial charge in [-0.3, -0.25) is 4.79 Å². The molecule has 0 unspecified atom stereocenters. The SMILES string of the molecule is COc1cc(CNC(=O)COC(=O)c2ccccc2O)cc(OC)c1OC. The molecule has 8 heteroatoms. The van der Waals surface area contributed by atoms with Crippen molar-refractivity contribution < 1.29 is 33.6 Å². The molecule has 0 saturated carbocycles. The van der Waals surface area contributed by atoms with Crippen LogP contribution in [0.5, 0.6) is 23.0 Å². The molecule has 0 atom stereocenters. The summed E-state index contributed by atoms with van der Waals surface area (Å²) in [5.74, 6) is -0.102. The van der Waals surface area contributed by atoms with Crippen molar-refractivity contribution in [1.29, 1.82) is 0 Å². The van der Waals surface area contributed by atoms with E-state index in [0.29, 0.717) is 22.8 Å². The second kappa shape index (κ2) is 9.33. The standard InChI is InChI=1S/C19H21NO7/c1-24-15-8-12(9-16(25-2)18(15)26-3)10-20-17(22)11-27-19(23)13-6-4-5-7-14(13)21/h4-9,21H,10-11H2,1-3H3,(H,20,22). The largest absolute Gasteiger partial charge is 0.507 e. The highest BCUT2D eigenvalue weighted by Crippen LogP contribution is 2.38. The molecule has 0 saturated heterocycles. The number of nitrogens with one attached hydrogen (secondary N) is 1. The number of benzene rings is 2. The summed E-state index contributed by atoms with van der Waals surface area (Å²) in [5, 5.41) is 12.2. The number of methoxy groups -OCH3 is 3. The summed E-state index contributed by atoms with van der Waals surface area (Å²) in [5.41, 5.74) is 0.708. The first-order chi connectivity index (χ1) is 13.0. The Morgan fingerprint density at radius 3 is 2.19 bits per heavy atom. The highest BCUT2D eigenvalue weighted by molar-refractivity contribution is 5.93. The second-order valence-electron chi connectivity index (χ2n) is 5.40. The van der Waals surface area contributed by atoms with Crippen LogP contribution in [0.3, 0.4) is 0 Å². The van der Waals surface area contributed by atoms with Gasteiger partial charge in [-0.2, -0.15) is 0 Å². The number of hydrogen-bond donors (Lipinski definition) is 2. The van der Waals surface area contributed by atoms with Gasteiger partial charge >= 0.3 is 5.97 Å².